The third-order valence-corrected chi connectivity index (χ3v) is 5.29. The van der Waals surface area contributed by atoms with Crippen LogP contribution in [0.25, 0.3) is 0 Å². The molecule has 5 atom stereocenters. The van der Waals surface area contributed by atoms with E-state index in [2.05, 4.69) is 24.4 Å². The van der Waals surface area contributed by atoms with Gasteiger partial charge in [0.2, 0.25) is 0 Å². The third-order valence-electron chi connectivity index (χ3n) is 5.29. The predicted octanol–water partition coefficient (Wildman–Crippen LogP) is 3.37. The van der Waals surface area contributed by atoms with Crippen molar-refractivity contribution in [1.29, 1.82) is 0 Å². The smallest absolute Gasteiger partial charge is 0.0136 e. The fourth-order valence-electron chi connectivity index (χ4n) is 3.95. The van der Waals surface area contributed by atoms with Crippen LogP contribution in [0.3, 0.4) is 0 Å². The number of nitrogens with one attached hydrogen (secondary N) is 1. The van der Waals surface area contributed by atoms with Crippen LogP contribution in [0.2, 0.25) is 0 Å². The van der Waals surface area contributed by atoms with Gasteiger partial charge in [0.25, 0.3) is 0 Å². The summed E-state index contributed by atoms with van der Waals surface area (Å²) in [6.07, 6.45) is 13.5. The zero-order valence-corrected chi connectivity index (χ0v) is 10.5. The van der Waals surface area contributed by atoms with Gasteiger partial charge < -0.3 is 5.32 Å². The van der Waals surface area contributed by atoms with E-state index in [-0.39, 0.29) is 0 Å². The van der Waals surface area contributed by atoms with Gasteiger partial charge in [0, 0.05) is 6.04 Å². The first-order valence-electron chi connectivity index (χ1n) is 7.24. The van der Waals surface area contributed by atoms with E-state index in [4.69, 9.17) is 0 Å². The Morgan fingerprint density at radius 3 is 2.94 bits per heavy atom. The van der Waals surface area contributed by atoms with E-state index >= 15 is 0 Å². The molecule has 0 aromatic heterocycles. The second-order valence-electron chi connectivity index (χ2n) is 6.27. The van der Waals surface area contributed by atoms with Crippen molar-refractivity contribution >= 4 is 0 Å². The molecule has 5 unspecified atom stereocenters. The second-order valence-corrected chi connectivity index (χ2v) is 6.27. The van der Waals surface area contributed by atoms with Gasteiger partial charge >= 0.3 is 0 Å². The van der Waals surface area contributed by atoms with Crippen molar-refractivity contribution in [2.45, 2.75) is 51.5 Å². The molecule has 0 radical (unpaired) electrons. The monoisotopic (exact) mass is 219 g/mol. The quantitative estimate of drug-likeness (QED) is 0.718. The summed E-state index contributed by atoms with van der Waals surface area (Å²) in [5.41, 5.74) is 0. The van der Waals surface area contributed by atoms with E-state index in [1.807, 2.05) is 0 Å². The predicted molar refractivity (Wildman–Crippen MR) is 68.3 cm³/mol. The summed E-state index contributed by atoms with van der Waals surface area (Å²) in [5, 5.41) is 3.84. The fraction of sp³-hybridized carbons (Fsp3) is 0.867. The molecule has 1 nitrogen and oxygen atoms in total. The Kier molecular flexibility index (Phi) is 3.06. The summed E-state index contributed by atoms with van der Waals surface area (Å²) in [5.74, 6) is 3.80. The lowest BCUT2D eigenvalue weighted by Crippen LogP contribution is -2.49. The van der Waals surface area contributed by atoms with E-state index in [1.54, 1.807) is 0 Å². The molecule has 2 saturated carbocycles. The minimum absolute atomic E-state index is 0.817. The van der Waals surface area contributed by atoms with Crippen molar-refractivity contribution < 1.29 is 0 Å². The first-order chi connectivity index (χ1) is 7.84. The second kappa shape index (κ2) is 4.52. The standard InChI is InChI=1S/C15H25N/c1-11-5-2-3-6-13(11)10-16-15-9-12-7-4-8-14(12)15/h4,8,11-16H,2-3,5-7,9-10H2,1H3. The first kappa shape index (κ1) is 10.8. The van der Waals surface area contributed by atoms with Crippen LogP contribution >= 0.6 is 0 Å². The van der Waals surface area contributed by atoms with Crippen molar-refractivity contribution in [2.24, 2.45) is 23.7 Å². The molecule has 0 aromatic rings. The molecule has 0 heterocycles. The number of rotatable bonds is 3. The number of hydrogen-bond donors (Lipinski definition) is 1. The van der Waals surface area contributed by atoms with Gasteiger partial charge in [-0.1, -0.05) is 38.3 Å². The number of allylic oxidation sites excluding steroid dienone is 1. The first-order valence-corrected chi connectivity index (χ1v) is 7.24. The summed E-state index contributed by atoms with van der Waals surface area (Å²) in [7, 11) is 0. The van der Waals surface area contributed by atoms with Crippen LogP contribution in [0.5, 0.6) is 0 Å². The minimum atomic E-state index is 0.817. The Balaban J connectivity index is 1.44. The summed E-state index contributed by atoms with van der Waals surface area (Å²) in [6.45, 7) is 3.73. The molecule has 0 spiro atoms. The lowest BCUT2D eigenvalue weighted by atomic mass is 9.71. The third kappa shape index (κ3) is 1.95. The van der Waals surface area contributed by atoms with Crippen LogP contribution in [0.4, 0.5) is 0 Å². The number of hydrogen-bond acceptors (Lipinski definition) is 1. The van der Waals surface area contributed by atoms with Crippen LogP contribution in [-0.2, 0) is 0 Å². The van der Waals surface area contributed by atoms with Crippen LogP contribution in [-0.4, -0.2) is 12.6 Å². The lowest BCUT2D eigenvalue weighted by molar-refractivity contribution is 0.144. The molecule has 90 valence electrons. The molecule has 1 heteroatoms. The molecule has 3 aliphatic carbocycles. The van der Waals surface area contributed by atoms with Gasteiger partial charge in [0.15, 0.2) is 0 Å². The van der Waals surface area contributed by atoms with Gasteiger partial charge in [-0.15, -0.1) is 0 Å². The molecule has 3 rings (SSSR count). The molecule has 0 amide bonds. The summed E-state index contributed by atoms with van der Waals surface area (Å²) in [6, 6.07) is 0.817. The fourth-order valence-corrected chi connectivity index (χ4v) is 3.95. The maximum atomic E-state index is 3.84. The minimum Gasteiger partial charge on any atom is -0.313 e. The highest BCUT2D eigenvalue weighted by molar-refractivity contribution is 5.12. The zero-order valence-electron chi connectivity index (χ0n) is 10.5. The van der Waals surface area contributed by atoms with E-state index in [1.165, 1.54) is 45.1 Å². The van der Waals surface area contributed by atoms with Gasteiger partial charge in [-0.3, -0.25) is 0 Å². The Bertz CT molecular complexity index is 271. The van der Waals surface area contributed by atoms with E-state index < -0.39 is 0 Å². The number of fused-ring (bicyclic) bond motifs is 1. The highest BCUT2D eigenvalue weighted by atomic mass is 14.9. The molecule has 0 aliphatic heterocycles. The molecule has 16 heavy (non-hydrogen) atoms. The van der Waals surface area contributed by atoms with Crippen molar-refractivity contribution in [1.82, 2.24) is 5.32 Å². The maximum absolute atomic E-state index is 3.84. The highest BCUT2D eigenvalue weighted by Crippen LogP contribution is 2.42. The van der Waals surface area contributed by atoms with Crippen LogP contribution in [0.15, 0.2) is 12.2 Å². The van der Waals surface area contributed by atoms with E-state index in [9.17, 15) is 0 Å². The Morgan fingerprint density at radius 1 is 1.25 bits per heavy atom. The average molecular weight is 219 g/mol. The summed E-state index contributed by atoms with van der Waals surface area (Å²) in [4.78, 5) is 0. The Labute approximate surface area is 99.7 Å². The van der Waals surface area contributed by atoms with E-state index in [0.717, 1.165) is 29.7 Å². The van der Waals surface area contributed by atoms with Gasteiger partial charge in [-0.2, -0.15) is 0 Å². The van der Waals surface area contributed by atoms with Crippen molar-refractivity contribution in [3.63, 3.8) is 0 Å². The van der Waals surface area contributed by atoms with Crippen LogP contribution in [0, 0.1) is 23.7 Å². The SMILES string of the molecule is CC1CCCCC1CNC1CC2CC=CC21. The molecule has 3 aliphatic rings. The maximum Gasteiger partial charge on any atom is 0.0136 e. The van der Waals surface area contributed by atoms with Crippen LogP contribution < -0.4 is 5.32 Å². The largest absolute Gasteiger partial charge is 0.313 e. The molecular formula is C15H25N. The molecule has 0 aromatic carbocycles. The Morgan fingerprint density at radius 2 is 2.12 bits per heavy atom. The van der Waals surface area contributed by atoms with E-state index in [0.29, 0.717) is 0 Å². The Hall–Kier alpha value is -0.300. The van der Waals surface area contributed by atoms with Gasteiger partial charge in [0.1, 0.15) is 0 Å². The van der Waals surface area contributed by atoms with Gasteiger partial charge in [-0.05, 0) is 49.5 Å². The van der Waals surface area contributed by atoms with Crippen molar-refractivity contribution in [2.75, 3.05) is 6.54 Å². The van der Waals surface area contributed by atoms with Crippen molar-refractivity contribution in [3.05, 3.63) is 12.2 Å². The summed E-state index contributed by atoms with van der Waals surface area (Å²) >= 11 is 0. The average Bonchev–Trinajstić information content (AvgIpc) is 2.63. The molecular weight excluding hydrogens is 194 g/mol. The highest BCUT2D eigenvalue weighted by Gasteiger charge is 2.40. The normalized spacial score (nSPS) is 46.4. The molecule has 2 fully saturated rings. The molecule has 0 bridgehead atoms. The van der Waals surface area contributed by atoms with Crippen LogP contribution in [0.1, 0.15) is 45.4 Å². The van der Waals surface area contributed by atoms with Gasteiger partial charge in [-0.25, -0.2) is 0 Å². The molecule has 0 saturated heterocycles. The zero-order chi connectivity index (χ0) is 11.0. The topological polar surface area (TPSA) is 12.0 Å². The van der Waals surface area contributed by atoms with Crippen molar-refractivity contribution in [3.8, 4) is 0 Å². The molecule has 1 N–H and O–H groups in total. The van der Waals surface area contributed by atoms with Gasteiger partial charge in [0.05, 0.1) is 0 Å². The summed E-state index contributed by atoms with van der Waals surface area (Å²) < 4.78 is 0. The lowest BCUT2D eigenvalue weighted by Gasteiger charge is -2.42.